The van der Waals surface area contributed by atoms with Crippen molar-refractivity contribution in [2.45, 2.75) is 335 Å². The van der Waals surface area contributed by atoms with E-state index < -0.39 is 6.10 Å². The fraction of sp³-hybridized carbons (Fsp3) is 0.873. The van der Waals surface area contributed by atoms with Crippen LogP contribution in [0.3, 0.4) is 0 Å². The molecule has 0 saturated carbocycles. The van der Waals surface area contributed by atoms with E-state index in [9.17, 15) is 9.59 Å². The van der Waals surface area contributed by atoms with E-state index in [1.54, 1.807) is 0 Å². The molecule has 0 aliphatic rings. The second-order valence-corrected chi connectivity index (χ2v) is 20.6. The average molecular weight is 956 g/mol. The number of hydrogen-bond acceptors (Lipinski definition) is 5. The molecule has 0 heterocycles. The molecular weight excluding hydrogens is 837 g/mol. The number of esters is 2. The first-order chi connectivity index (χ1) is 33.6. The van der Waals surface area contributed by atoms with Gasteiger partial charge in [0, 0.05) is 19.4 Å². The highest BCUT2D eigenvalue weighted by molar-refractivity contribution is 5.70. The number of carbonyl (C=O) groups is 2. The SMILES string of the molecule is CCCCC/C=C\C/C=C\CCCCCCCCCCCC(=O)OCC(COCCCCCCCCCCCCCCCCCCCC)OC(=O)CCCCCCC/C=C\CCCCCCCC. The predicted octanol–water partition coefficient (Wildman–Crippen LogP) is 20.9. The van der Waals surface area contributed by atoms with E-state index >= 15 is 0 Å². The fourth-order valence-electron chi connectivity index (χ4n) is 9.07. The standard InChI is InChI=1S/C63H118O5/c1-4-7-10-13-16-19-22-25-28-30-32-33-36-38-41-44-47-50-53-56-62(64)67-60-61(68-63(65)57-54-51-48-45-42-39-35-27-24-21-18-15-12-9-6-3)59-66-58-55-52-49-46-43-40-37-34-31-29-26-23-20-17-14-11-8-5-2/h16,19,25,27-28,35,61H,4-15,17-18,20-24,26,29-34,36-60H2,1-3H3/b19-16-,28-25-,35-27-. The van der Waals surface area contributed by atoms with Gasteiger partial charge in [-0.15, -0.1) is 0 Å². The molecule has 0 radical (unpaired) electrons. The topological polar surface area (TPSA) is 61.8 Å². The smallest absolute Gasteiger partial charge is 0.306 e. The molecule has 0 saturated heterocycles. The Hall–Kier alpha value is -1.88. The lowest BCUT2D eigenvalue weighted by molar-refractivity contribution is -0.163. The van der Waals surface area contributed by atoms with Gasteiger partial charge in [0.1, 0.15) is 6.61 Å². The van der Waals surface area contributed by atoms with Crippen LogP contribution in [-0.4, -0.2) is 37.9 Å². The van der Waals surface area contributed by atoms with Gasteiger partial charge >= 0.3 is 11.9 Å². The van der Waals surface area contributed by atoms with E-state index in [2.05, 4.69) is 57.2 Å². The second kappa shape index (κ2) is 59.4. The van der Waals surface area contributed by atoms with E-state index in [0.29, 0.717) is 19.4 Å². The highest BCUT2D eigenvalue weighted by atomic mass is 16.6. The summed E-state index contributed by atoms with van der Waals surface area (Å²) in [7, 11) is 0. The zero-order chi connectivity index (χ0) is 49.2. The maximum absolute atomic E-state index is 12.9. The third-order valence-electron chi connectivity index (χ3n) is 13.6. The number of carbonyl (C=O) groups excluding carboxylic acids is 2. The van der Waals surface area contributed by atoms with Crippen molar-refractivity contribution < 1.29 is 23.8 Å². The molecule has 0 amide bonds. The lowest BCUT2D eigenvalue weighted by atomic mass is 10.0. The Labute approximate surface area is 425 Å². The van der Waals surface area contributed by atoms with E-state index in [1.807, 2.05) is 0 Å². The molecule has 68 heavy (non-hydrogen) atoms. The third kappa shape index (κ3) is 56.7. The van der Waals surface area contributed by atoms with Crippen LogP contribution in [0.25, 0.3) is 0 Å². The summed E-state index contributed by atoms with van der Waals surface area (Å²) in [6.45, 7) is 7.86. The average Bonchev–Trinajstić information content (AvgIpc) is 3.34. The third-order valence-corrected chi connectivity index (χ3v) is 13.6. The Bertz CT molecular complexity index is 1080. The minimum atomic E-state index is -0.539. The quantitative estimate of drug-likeness (QED) is 0.0345. The molecule has 1 atom stereocenters. The largest absolute Gasteiger partial charge is 0.462 e. The number of rotatable bonds is 57. The minimum Gasteiger partial charge on any atom is -0.462 e. The van der Waals surface area contributed by atoms with Gasteiger partial charge in [0.05, 0.1) is 6.61 Å². The molecule has 400 valence electrons. The van der Waals surface area contributed by atoms with Gasteiger partial charge in [-0.25, -0.2) is 0 Å². The Kier molecular flexibility index (Phi) is 57.8. The van der Waals surface area contributed by atoms with Gasteiger partial charge in [-0.05, 0) is 77.0 Å². The molecule has 0 N–H and O–H groups in total. The number of unbranched alkanes of at least 4 members (excludes halogenated alkanes) is 40. The zero-order valence-electron chi connectivity index (χ0n) is 46.1. The minimum absolute atomic E-state index is 0.0854. The van der Waals surface area contributed by atoms with Crippen molar-refractivity contribution in [2.24, 2.45) is 0 Å². The summed E-state index contributed by atoms with van der Waals surface area (Å²) in [5.74, 6) is -0.391. The van der Waals surface area contributed by atoms with Gasteiger partial charge in [-0.1, -0.05) is 276 Å². The summed E-state index contributed by atoms with van der Waals surface area (Å²) in [6, 6.07) is 0. The summed E-state index contributed by atoms with van der Waals surface area (Å²) >= 11 is 0. The van der Waals surface area contributed by atoms with Crippen LogP contribution in [0.4, 0.5) is 0 Å². The van der Waals surface area contributed by atoms with Crippen LogP contribution < -0.4 is 0 Å². The van der Waals surface area contributed by atoms with Crippen molar-refractivity contribution in [3.05, 3.63) is 36.5 Å². The van der Waals surface area contributed by atoms with Gasteiger partial charge in [0.15, 0.2) is 6.10 Å². The van der Waals surface area contributed by atoms with Crippen LogP contribution in [0, 0.1) is 0 Å². The van der Waals surface area contributed by atoms with Crippen molar-refractivity contribution in [1.29, 1.82) is 0 Å². The van der Waals surface area contributed by atoms with Crippen molar-refractivity contribution >= 4 is 11.9 Å². The highest BCUT2D eigenvalue weighted by Gasteiger charge is 2.17. The first-order valence-electron chi connectivity index (χ1n) is 30.5. The van der Waals surface area contributed by atoms with Crippen LogP contribution in [0.1, 0.15) is 329 Å². The Balaban J connectivity index is 4.23. The molecule has 0 aliphatic carbocycles. The molecule has 0 aromatic carbocycles. The molecule has 0 aliphatic heterocycles. The Morgan fingerprint density at radius 3 is 1.01 bits per heavy atom. The lowest BCUT2D eigenvalue weighted by Gasteiger charge is -2.18. The molecule has 1 unspecified atom stereocenters. The summed E-state index contributed by atoms with van der Waals surface area (Å²) in [5.41, 5.74) is 0. The van der Waals surface area contributed by atoms with Gasteiger partial charge in [0.25, 0.3) is 0 Å². The molecule has 5 nitrogen and oxygen atoms in total. The summed E-state index contributed by atoms with van der Waals surface area (Å²) in [4.78, 5) is 25.6. The van der Waals surface area contributed by atoms with Gasteiger partial charge in [-0.3, -0.25) is 9.59 Å². The second-order valence-electron chi connectivity index (χ2n) is 20.6. The van der Waals surface area contributed by atoms with Crippen molar-refractivity contribution in [3.8, 4) is 0 Å². The first-order valence-corrected chi connectivity index (χ1v) is 30.5. The number of allylic oxidation sites excluding steroid dienone is 6. The van der Waals surface area contributed by atoms with Crippen LogP contribution in [-0.2, 0) is 23.8 Å². The van der Waals surface area contributed by atoms with E-state index in [4.69, 9.17) is 14.2 Å². The molecule has 0 fully saturated rings. The molecule has 5 heteroatoms. The maximum atomic E-state index is 12.9. The van der Waals surface area contributed by atoms with Crippen LogP contribution >= 0.6 is 0 Å². The predicted molar refractivity (Wildman–Crippen MR) is 298 cm³/mol. The lowest BCUT2D eigenvalue weighted by Crippen LogP contribution is -2.30. The highest BCUT2D eigenvalue weighted by Crippen LogP contribution is 2.17. The molecule has 0 spiro atoms. The van der Waals surface area contributed by atoms with E-state index in [1.165, 1.54) is 244 Å². The van der Waals surface area contributed by atoms with Crippen molar-refractivity contribution in [3.63, 3.8) is 0 Å². The summed E-state index contributed by atoms with van der Waals surface area (Å²) < 4.78 is 17.5. The van der Waals surface area contributed by atoms with Gasteiger partial charge in [0.2, 0.25) is 0 Å². The molecule has 0 bridgehead atoms. The zero-order valence-corrected chi connectivity index (χ0v) is 46.1. The molecular formula is C63H118O5. The summed E-state index contributed by atoms with van der Waals surface area (Å²) in [5, 5.41) is 0. The monoisotopic (exact) mass is 955 g/mol. The van der Waals surface area contributed by atoms with E-state index in [0.717, 1.165) is 51.4 Å². The summed E-state index contributed by atoms with van der Waals surface area (Å²) in [6.07, 6.45) is 73.1. The molecule has 0 aromatic heterocycles. The van der Waals surface area contributed by atoms with Crippen LogP contribution in [0.5, 0.6) is 0 Å². The van der Waals surface area contributed by atoms with Gasteiger partial charge < -0.3 is 14.2 Å². The van der Waals surface area contributed by atoms with Crippen molar-refractivity contribution in [1.82, 2.24) is 0 Å². The normalized spacial score (nSPS) is 12.3. The number of hydrogen-bond donors (Lipinski definition) is 0. The Morgan fingerprint density at radius 1 is 0.324 bits per heavy atom. The van der Waals surface area contributed by atoms with Crippen molar-refractivity contribution in [2.75, 3.05) is 19.8 Å². The molecule has 0 rings (SSSR count). The Morgan fingerprint density at radius 2 is 0.618 bits per heavy atom. The molecule has 0 aromatic rings. The van der Waals surface area contributed by atoms with Crippen LogP contribution in [0.2, 0.25) is 0 Å². The first kappa shape index (κ1) is 66.1. The maximum Gasteiger partial charge on any atom is 0.306 e. The van der Waals surface area contributed by atoms with Crippen LogP contribution in [0.15, 0.2) is 36.5 Å². The van der Waals surface area contributed by atoms with E-state index in [-0.39, 0.29) is 25.2 Å². The van der Waals surface area contributed by atoms with Gasteiger partial charge in [-0.2, -0.15) is 0 Å². The fourth-order valence-corrected chi connectivity index (χ4v) is 9.07. The number of ether oxygens (including phenoxy) is 3.